The Morgan fingerprint density at radius 3 is 2.60 bits per heavy atom. The van der Waals surface area contributed by atoms with Crippen molar-refractivity contribution in [1.82, 2.24) is 14.7 Å². The summed E-state index contributed by atoms with van der Waals surface area (Å²) in [6, 6.07) is 9.91. The highest BCUT2D eigenvalue weighted by atomic mass is 19.3. The van der Waals surface area contributed by atoms with E-state index in [1.807, 2.05) is 49.8 Å². The average molecular weight is 346 g/mol. The number of para-hydroxylation sites is 1. The van der Waals surface area contributed by atoms with Crippen molar-refractivity contribution in [3.05, 3.63) is 48.3 Å². The summed E-state index contributed by atoms with van der Waals surface area (Å²) in [5, 5.41) is 4.19. The van der Waals surface area contributed by atoms with Crippen LogP contribution in [-0.4, -0.2) is 46.8 Å². The lowest BCUT2D eigenvalue weighted by Crippen LogP contribution is -2.56. The van der Waals surface area contributed by atoms with E-state index in [1.54, 1.807) is 4.68 Å². The van der Waals surface area contributed by atoms with Gasteiger partial charge >= 0.3 is 0 Å². The van der Waals surface area contributed by atoms with Gasteiger partial charge in [0.1, 0.15) is 0 Å². The molecular formula is C19H24F2N4. The summed E-state index contributed by atoms with van der Waals surface area (Å²) >= 11 is 0. The standard InChI is InChI=1S/C19H24F2N4/c1-23-12-16(11-22-23)13-24-9-8-19(20,21)18(14-24)7-10-25(15-18)17-5-3-2-4-6-17/h2-6,11-12H,7-10,13-15H2,1H3. The third kappa shape index (κ3) is 3.03. The molecule has 0 bridgehead atoms. The van der Waals surface area contributed by atoms with Gasteiger partial charge in [-0.3, -0.25) is 9.58 Å². The number of alkyl halides is 2. The number of aromatic nitrogens is 2. The van der Waals surface area contributed by atoms with Crippen LogP contribution in [0.3, 0.4) is 0 Å². The molecule has 2 aliphatic heterocycles. The molecule has 0 amide bonds. The van der Waals surface area contributed by atoms with E-state index < -0.39 is 11.3 Å². The number of nitrogens with zero attached hydrogens (tertiary/aromatic N) is 4. The molecule has 4 nitrogen and oxygen atoms in total. The first kappa shape index (κ1) is 16.5. The van der Waals surface area contributed by atoms with Gasteiger partial charge in [0.05, 0.1) is 11.6 Å². The van der Waals surface area contributed by atoms with E-state index in [1.165, 1.54) is 0 Å². The molecule has 4 rings (SSSR count). The largest absolute Gasteiger partial charge is 0.371 e. The summed E-state index contributed by atoms with van der Waals surface area (Å²) < 4.78 is 31.6. The minimum atomic E-state index is -2.61. The Hall–Kier alpha value is -1.95. The normalized spacial score (nSPS) is 26.4. The molecule has 134 valence electrons. The smallest absolute Gasteiger partial charge is 0.257 e. The fourth-order valence-electron chi connectivity index (χ4n) is 4.29. The van der Waals surface area contributed by atoms with Crippen LogP contribution >= 0.6 is 0 Å². The molecule has 1 spiro atoms. The van der Waals surface area contributed by atoms with Gasteiger partial charge in [-0.2, -0.15) is 5.10 Å². The van der Waals surface area contributed by atoms with Crippen LogP contribution in [0, 0.1) is 5.41 Å². The lowest BCUT2D eigenvalue weighted by molar-refractivity contribution is -0.158. The van der Waals surface area contributed by atoms with Crippen molar-refractivity contribution in [1.29, 1.82) is 0 Å². The molecule has 2 aromatic rings. The van der Waals surface area contributed by atoms with Crippen LogP contribution in [-0.2, 0) is 13.6 Å². The highest BCUT2D eigenvalue weighted by molar-refractivity contribution is 5.47. The van der Waals surface area contributed by atoms with Gasteiger partial charge in [0.2, 0.25) is 0 Å². The maximum atomic E-state index is 14.9. The fraction of sp³-hybridized carbons (Fsp3) is 0.526. The third-order valence-corrected chi connectivity index (χ3v) is 5.68. The number of hydrogen-bond donors (Lipinski definition) is 0. The van der Waals surface area contributed by atoms with E-state index >= 15 is 0 Å². The molecule has 0 aliphatic carbocycles. The van der Waals surface area contributed by atoms with Crippen molar-refractivity contribution in [2.45, 2.75) is 25.3 Å². The first-order chi connectivity index (χ1) is 12.0. The van der Waals surface area contributed by atoms with E-state index in [0.717, 1.165) is 11.3 Å². The highest BCUT2D eigenvalue weighted by Crippen LogP contribution is 2.50. The summed E-state index contributed by atoms with van der Waals surface area (Å²) in [5.41, 5.74) is 1.17. The second-order valence-electron chi connectivity index (χ2n) is 7.47. The summed E-state index contributed by atoms with van der Waals surface area (Å²) in [4.78, 5) is 4.28. The SMILES string of the molecule is Cn1cc(CN2CCC(F)(F)C3(CCN(c4ccccc4)C3)C2)cn1. The number of hydrogen-bond acceptors (Lipinski definition) is 3. The number of rotatable bonds is 3. The molecule has 0 saturated carbocycles. The topological polar surface area (TPSA) is 24.3 Å². The Morgan fingerprint density at radius 2 is 1.88 bits per heavy atom. The molecular weight excluding hydrogens is 322 g/mol. The predicted molar refractivity (Wildman–Crippen MR) is 93.8 cm³/mol. The van der Waals surface area contributed by atoms with E-state index in [2.05, 4.69) is 14.9 Å². The second kappa shape index (κ2) is 6.09. The van der Waals surface area contributed by atoms with Crippen LogP contribution in [0.2, 0.25) is 0 Å². The van der Waals surface area contributed by atoms with Gasteiger partial charge in [-0.15, -0.1) is 0 Å². The Labute approximate surface area is 147 Å². The van der Waals surface area contributed by atoms with Gasteiger partial charge in [0.15, 0.2) is 0 Å². The molecule has 0 N–H and O–H groups in total. The van der Waals surface area contributed by atoms with Crippen LogP contribution in [0.15, 0.2) is 42.7 Å². The number of likely N-dealkylation sites (tertiary alicyclic amines) is 1. The summed E-state index contributed by atoms with van der Waals surface area (Å²) in [7, 11) is 1.88. The molecule has 2 saturated heterocycles. The number of benzene rings is 1. The second-order valence-corrected chi connectivity index (χ2v) is 7.47. The van der Waals surface area contributed by atoms with Gasteiger partial charge in [0.25, 0.3) is 5.92 Å². The van der Waals surface area contributed by atoms with Crippen molar-refractivity contribution in [2.75, 3.05) is 31.1 Å². The van der Waals surface area contributed by atoms with Gasteiger partial charge in [-0.05, 0) is 18.6 Å². The molecule has 2 fully saturated rings. The molecule has 1 atom stereocenters. The van der Waals surface area contributed by atoms with E-state index in [-0.39, 0.29) is 6.42 Å². The molecule has 25 heavy (non-hydrogen) atoms. The molecule has 2 aliphatic rings. The number of aryl methyl sites for hydroxylation is 1. The minimum Gasteiger partial charge on any atom is -0.371 e. The maximum Gasteiger partial charge on any atom is 0.257 e. The maximum absolute atomic E-state index is 14.9. The monoisotopic (exact) mass is 346 g/mol. The Bertz CT molecular complexity index is 730. The van der Waals surface area contributed by atoms with Gasteiger partial charge in [-0.25, -0.2) is 8.78 Å². The number of anilines is 1. The highest BCUT2D eigenvalue weighted by Gasteiger charge is 2.59. The Morgan fingerprint density at radius 1 is 1.08 bits per heavy atom. The molecule has 1 unspecified atom stereocenters. The van der Waals surface area contributed by atoms with Crippen LogP contribution in [0.1, 0.15) is 18.4 Å². The van der Waals surface area contributed by atoms with Crippen LogP contribution in [0.5, 0.6) is 0 Å². The zero-order chi connectivity index (χ0) is 17.5. The fourth-order valence-corrected chi connectivity index (χ4v) is 4.29. The molecule has 6 heteroatoms. The Balaban J connectivity index is 1.52. The molecule has 1 aromatic heterocycles. The first-order valence-electron chi connectivity index (χ1n) is 8.85. The lowest BCUT2D eigenvalue weighted by Gasteiger charge is -2.46. The van der Waals surface area contributed by atoms with E-state index in [0.29, 0.717) is 39.1 Å². The summed E-state index contributed by atoms with van der Waals surface area (Å²) in [6.07, 6.45) is 4.27. The number of halogens is 2. The number of piperidine rings is 1. The molecule has 3 heterocycles. The van der Waals surface area contributed by atoms with Gasteiger partial charge < -0.3 is 4.90 Å². The van der Waals surface area contributed by atoms with Crippen LogP contribution < -0.4 is 4.90 Å². The van der Waals surface area contributed by atoms with Crippen molar-refractivity contribution in [2.24, 2.45) is 12.5 Å². The zero-order valence-electron chi connectivity index (χ0n) is 14.5. The van der Waals surface area contributed by atoms with Crippen molar-refractivity contribution < 1.29 is 8.78 Å². The van der Waals surface area contributed by atoms with Crippen LogP contribution in [0.4, 0.5) is 14.5 Å². The predicted octanol–water partition coefficient (Wildman–Crippen LogP) is 3.16. The molecule has 1 aromatic carbocycles. The lowest BCUT2D eigenvalue weighted by atomic mass is 9.75. The minimum absolute atomic E-state index is 0.0596. The molecule has 0 radical (unpaired) electrons. The summed E-state index contributed by atoms with van der Waals surface area (Å²) in [5.74, 6) is -2.61. The average Bonchev–Trinajstić information content (AvgIpc) is 3.20. The van der Waals surface area contributed by atoms with E-state index in [4.69, 9.17) is 0 Å². The van der Waals surface area contributed by atoms with Crippen LogP contribution in [0.25, 0.3) is 0 Å². The van der Waals surface area contributed by atoms with Crippen molar-refractivity contribution >= 4 is 5.69 Å². The zero-order valence-corrected chi connectivity index (χ0v) is 14.5. The van der Waals surface area contributed by atoms with Gasteiger partial charge in [0, 0.05) is 63.6 Å². The van der Waals surface area contributed by atoms with Crippen molar-refractivity contribution in [3.8, 4) is 0 Å². The van der Waals surface area contributed by atoms with E-state index in [9.17, 15) is 8.78 Å². The Kier molecular flexibility index (Phi) is 4.02. The first-order valence-corrected chi connectivity index (χ1v) is 8.85. The third-order valence-electron chi connectivity index (χ3n) is 5.68. The quantitative estimate of drug-likeness (QED) is 0.853. The summed E-state index contributed by atoms with van der Waals surface area (Å²) in [6.45, 7) is 2.69. The van der Waals surface area contributed by atoms with Crippen molar-refractivity contribution in [3.63, 3.8) is 0 Å². The van der Waals surface area contributed by atoms with Gasteiger partial charge in [-0.1, -0.05) is 18.2 Å².